The Morgan fingerprint density at radius 1 is 1.33 bits per heavy atom. The third-order valence-corrected chi connectivity index (χ3v) is 4.26. The summed E-state index contributed by atoms with van der Waals surface area (Å²) in [5, 5.41) is 0.819. The Labute approximate surface area is 85.2 Å². The first-order valence-corrected chi connectivity index (χ1v) is 6.97. The number of nitrogens with one attached hydrogen (secondary N) is 1. The number of hydrogen-bond acceptors (Lipinski definition) is 1. The summed E-state index contributed by atoms with van der Waals surface area (Å²) < 4.78 is 14.4. The van der Waals surface area contributed by atoms with E-state index in [1.807, 2.05) is 0 Å². The van der Waals surface area contributed by atoms with Crippen molar-refractivity contribution in [2.75, 3.05) is 11.1 Å². The van der Waals surface area contributed by atoms with Crippen molar-refractivity contribution in [1.29, 1.82) is 0 Å². The highest BCUT2D eigenvalue weighted by atomic mass is 79.9. The molecule has 1 atom stereocenters. The van der Waals surface area contributed by atoms with Gasteiger partial charge in [0.05, 0.1) is 11.0 Å². The van der Waals surface area contributed by atoms with Gasteiger partial charge in [-0.1, -0.05) is 35.2 Å². The Bertz CT molecular complexity index is 148. The predicted octanol–water partition coefficient (Wildman–Crippen LogP) is 1.97. The lowest BCUT2D eigenvalue weighted by atomic mass is 9.96. The summed E-state index contributed by atoms with van der Waals surface area (Å²) >= 11 is 3.28. The van der Waals surface area contributed by atoms with Crippen LogP contribution in [0.2, 0.25) is 0 Å². The standard InChI is InChI=1S/C8H16BrNOS/c9-6-7-12(11)10-8-4-2-1-3-5-8/h8,10H,1-7H2. The molecule has 1 aliphatic carbocycles. The van der Waals surface area contributed by atoms with Crippen LogP contribution in [0.4, 0.5) is 0 Å². The Kier molecular flexibility index (Phi) is 5.43. The molecular weight excluding hydrogens is 238 g/mol. The van der Waals surface area contributed by atoms with Crippen LogP contribution < -0.4 is 4.72 Å². The van der Waals surface area contributed by atoms with E-state index in [-0.39, 0.29) is 0 Å². The van der Waals surface area contributed by atoms with Gasteiger partial charge < -0.3 is 0 Å². The maximum Gasteiger partial charge on any atom is 0.0926 e. The van der Waals surface area contributed by atoms with Gasteiger partial charge in [0.15, 0.2) is 0 Å². The first-order chi connectivity index (χ1) is 5.83. The Morgan fingerprint density at radius 2 is 2.00 bits per heavy atom. The molecule has 0 radical (unpaired) electrons. The molecule has 1 fully saturated rings. The molecule has 0 heterocycles. The molecule has 72 valence electrons. The Morgan fingerprint density at radius 3 is 2.58 bits per heavy atom. The van der Waals surface area contributed by atoms with Crippen LogP contribution in [0.25, 0.3) is 0 Å². The van der Waals surface area contributed by atoms with Gasteiger partial charge in [0, 0.05) is 17.1 Å². The van der Waals surface area contributed by atoms with E-state index in [9.17, 15) is 4.21 Å². The molecular formula is C8H16BrNOS. The van der Waals surface area contributed by atoms with E-state index < -0.39 is 11.0 Å². The van der Waals surface area contributed by atoms with E-state index in [4.69, 9.17) is 0 Å². The van der Waals surface area contributed by atoms with Crippen molar-refractivity contribution < 1.29 is 4.21 Å². The quantitative estimate of drug-likeness (QED) is 0.763. The molecule has 1 rings (SSSR count). The van der Waals surface area contributed by atoms with Gasteiger partial charge in [0.25, 0.3) is 0 Å². The SMILES string of the molecule is O=S(CCBr)NC1CCCCC1. The number of halogens is 1. The highest BCUT2D eigenvalue weighted by Gasteiger charge is 2.14. The smallest absolute Gasteiger partial charge is 0.0926 e. The van der Waals surface area contributed by atoms with Crippen LogP contribution in [-0.2, 0) is 11.0 Å². The van der Waals surface area contributed by atoms with Crippen molar-refractivity contribution in [2.24, 2.45) is 0 Å². The van der Waals surface area contributed by atoms with E-state index in [1.54, 1.807) is 0 Å². The fourth-order valence-electron chi connectivity index (χ4n) is 1.54. The first kappa shape index (κ1) is 10.7. The van der Waals surface area contributed by atoms with Gasteiger partial charge in [-0.3, -0.25) is 0 Å². The van der Waals surface area contributed by atoms with Gasteiger partial charge in [0.1, 0.15) is 0 Å². The third kappa shape index (κ3) is 4.01. The van der Waals surface area contributed by atoms with Crippen molar-refractivity contribution in [3.8, 4) is 0 Å². The molecule has 0 aromatic heterocycles. The molecule has 0 bridgehead atoms. The average Bonchev–Trinajstić information content (AvgIpc) is 2.06. The summed E-state index contributed by atoms with van der Waals surface area (Å²) in [4.78, 5) is 0. The van der Waals surface area contributed by atoms with Crippen LogP contribution in [-0.4, -0.2) is 21.3 Å². The normalized spacial score (nSPS) is 22.4. The minimum atomic E-state index is -0.814. The van der Waals surface area contributed by atoms with E-state index >= 15 is 0 Å². The lowest BCUT2D eigenvalue weighted by molar-refractivity contribution is 0.419. The molecule has 1 saturated carbocycles. The van der Waals surface area contributed by atoms with Gasteiger partial charge in [-0.15, -0.1) is 0 Å². The van der Waals surface area contributed by atoms with Crippen molar-refractivity contribution >= 4 is 26.9 Å². The zero-order chi connectivity index (χ0) is 8.81. The Hall–Kier alpha value is 0.590. The maximum atomic E-state index is 11.3. The summed E-state index contributed by atoms with van der Waals surface area (Å²) in [6, 6.07) is 0.513. The van der Waals surface area contributed by atoms with Crippen LogP contribution in [0, 0.1) is 0 Å². The largest absolute Gasteiger partial charge is 0.243 e. The van der Waals surface area contributed by atoms with Crippen molar-refractivity contribution in [1.82, 2.24) is 4.72 Å². The molecule has 1 N–H and O–H groups in total. The van der Waals surface area contributed by atoms with E-state index in [0.717, 1.165) is 11.1 Å². The molecule has 0 spiro atoms. The van der Waals surface area contributed by atoms with Crippen LogP contribution in [0.3, 0.4) is 0 Å². The molecule has 0 amide bonds. The minimum Gasteiger partial charge on any atom is -0.243 e. The highest BCUT2D eigenvalue weighted by Crippen LogP contribution is 2.17. The van der Waals surface area contributed by atoms with Crippen LogP contribution >= 0.6 is 15.9 Å². The van der Waals surface area contributed by atoms with Crippen molar-refractivity contribution in [3.63, 3.8) is 0 Å². The van der Waals surface area contributed by atoms with Crippen molar-refractivity contribution in [3.05, 3.63) is 0 Å². The van der Waals surface area contributed by atoms with Gasteiger partial charge in [-0.25, -0.2) is 8.93 Å². The number of hydrogen-bond donors (Lipinski definition) is 1. The first-order valence-electron chi connectivity index (χ1n) is 4.53. The topological polar surface area (TPSA) is 29.1 Å². The molecule has 1 aliphatic rings. The molecule has 0 aromatic carbocycles. The summed E-state index contributed by atoms with van der Waals surface area (Å²) in [5.74, 6) is 0.719. The average molecular weight is 254 g/mol. The predicted molar refractivity (Wildman–Crippen MR) is 56.8 cm³/mol. The minimum absolute atomic E-state index is 0.513. The molecule has 12 heavy (non-hydrogen) atoms. The van der Waals surface area contributed by atoms with Gasteiger partial charge in [-0.2, -0.15) is 0 Å². The lowest BCUT2D eigenvalue weighted by Crippen LogP contribution is -2.33. The maximum absolute atomic E-state index is 11.3. The van der Waals surface area contributed by atoms with Crippen LogP contribution in [0.15, 0.2) is 0 Å². The highest BCUT2D eigenvalue weighted by molar-refractivity contribution is 9.09. The lowest BCUT2D eigenvalue weighted by Gasteiger charge is -2.21. The second kappa shape index (κ2) is 6.11. The number of alkyl halides is 1. The van der Waals surface area contributed by atoms with Gasteiger partial charge in [0.2, 0.25) is 0 Å². The van der Waals surface area contributed by atoms with E-state index in [0.29, 0.717) is 6.04 Å². The molecule has 2 nitrogen and oxygen atoms in total. The summed E-state index contributed by atoms with van der Waals surface area (Å²) in [6.07, 6.45) is 6.34. The zero-order valence-electron chi connectivity index (χ0n) is 7.22. The fraction of sp³-hybridized carbons (Fsp3) is 1.00. The van der Waals surface area contributed by atoms with E-state index in [1.165, 1.54) is 32.1 Å². The fourth-order valence-corrected chi connectivity index (χ4v) is 3.28. The van der Waals surface area contributed by atoms with Gasteiger partial charge >= 0.3 is 0 Å². The Balaban J connectivity index is 2.15. The monoisotopic (exact) mass is 253 g/mol. The molecule has 4 heteroatoms. The van der Waals surface area contributed by atoms with Crippen LogP contribution in [0.1, 0.15) is 32.1 Å². The number of rotatable bonds is 4. The van der Waals surface area contributed by atoms with Crippen molar-refractivity contribution in [2.45, 2.75) is 38.1 Å². The summed E-state index contributed by atoms with van der Waals surface area (Å²) in [6.45, 7) is 0. The summed E-state index contributed by atoms with van der Waals surface area (Å²) in [7, 11) is -0.814. The van der Waals surface area contributed by atoms with Gasteiger partial charge in [-0.05, 0) is 12.8 Å². The summed E-state index contributed by atoms with van der Waals surface area (Å²) in [5.41, 5.74) is 0. The molecule has 1 unspecified atom stereocenters. The molecule has 0 saturated heterocycles. The molecule has 0 aliphatic heterocycles. The second-order valence-corrected chi connectivity index (χ2v) is 5.32. The van der Waals surface area contributed by atoms with Crippen LogP contribution in [0.5, 0.6) is 0 Å². The second-order valence-electron chi connectivity index (χ2n) is 3.19. The zero-order valence-corrected chi connectivity index (χ0v) is 9.62. The van der Waals surface area contributed by atoms with E-state index in [2.05, 4.69) is 20.7 Å². The molecule has 0 aromatic rings. The third-order valence-electron chi connectivity index (χ3n) is 2.17.